The third-order valence-electron chi connectivity index (χ3n) is 2.07. The second kappa shape index (κ2) is 7.97. The third-order valence-corrected chi connectivity index (χ3v) is 3.97. The maximum absolute atomic E-state index is 12.1. The Morgan fingerprint density at radius 2 is 1.71 bits per heavy atom. The van der Waals surface area contributed by atoms with Gasteiger partial charge in [0.1, 0.15) is 0 Å². The minimum absolute atomic E-state index is 0.364. The van der Waals surface area contributed by atoms with Gasteiger partial charge in [0.25, 0.3) is 0 Å². The molecule has 0 aliphatic carbocycles. The molecule has 0 saturated carbocycles. The van der Waals surface area contributed by atoms with Gasteiger partial charge in [-0.05, 0) is 38.1 Å². The molecule has 1 aromatic rings. The van der Waals surface area contributed by atoms with Gasteiger partial charge in [0, 0.05) is 22.6 Å². The molecule has 17 heavy (non-hydrogen) atoms. The maximum atomic E-state index is 12.1. The van der Waals surface area contributed by atoms with E-state index in [-0.39, 0.29) is 0 Å². The van der Waals surface area contributed by atoms with Crippen LogP contribution in [0, 0.1) is 0 Å². The molecular weight excluding hydrogens is 304 g/mol. The topological polar surface area (TPSA) is 35.5 Å². The van der Waals surface area contributed by atoms with Gasteiger partial charge >= 0.3 is 0 Å². The average Bonchev–Trinajstić information content (AvgIpc) is 2.30. The van der Waals surface area contributed by atoms with Crippen molar-refractivity contribution in [3.8, 4) is 0 Å². The molecule has 3 nitrogen and oxygen atoms in total. The first kappa shape index (κ1) is 14.8. The van der Waals surface area contributed by atoms with Crippen LogP contribution in [-0.4, -0.2) is 29.5 Å². The predicted molar refractivity (Wildman–Crippen MR) is 72.5 cm³/mol. The van der Waals surface area contributed by atoms with Crippen molar-refractivity contribution >= 4 is 26.7 Å². The zero-order valence-electron chi connectivity index (χ0n) is 10.0. The van der Waals surface area contributed by atoms with Gasteiger partial charge in [0.2, 0.25) is 0 Å². The Morgan fingerprint density at radius 1 is 1.18 bits per heavy atom. The summed E-state index contributed by atoms with van der Waals surface area (Å²) in [7, 11) is -1.10. The van der Waals surface area contributed by atoms with E-state index < -0.39 is 17.1 Å². The fourth-order valence-corrected chi connectivity index (χ4v) is 2.66. The van der Waals surface area contributed by atoms with E-state index in [1.807, 2.05) is 38.1 Å². The highest BCUT2D eigenvalue weighted by Gasteiger charge is 2.14. The van der Waals surface area contributed by atoms with Crippen LogP contribution in [0.2, 0.25) is 0 Å². The minimum Gasteiger partial charge on any atom is -0.352 e. The normalized spacial score (nSPS) is 12.9. The lowest BCUT2D eigenvalue weighted by Crippen LogP contribution is -2.24. The lowest BCUT2D eigenvalue weighted by molar-refractivity contribution is -0.120. The van der Waals surface area contributed by atoms with Crippen LogP contribution in [0.1, 0.15) is 13.8 Å². The summed E-state index contributed by atoms with van der Waals surface area (Å²) in [4.78, 5) is 0.789. The summed E-state index contributed by atoms with van der Waals surface area (Å²) < 4.78 is 23.8. The second-order valence-corrected chi connectivity index (χ2v) is 5.72. The summed E-state index contributed by atoms with van der Waals surface area (Å²) in [6.07, 6.45) is -0.394. The molecule has 0 heterocycles. The number of ether oxygens (including phenoxy) is 2. The SMILES string of the molecule is CCOC(CS(=O)c1ccc(Br)cc1)OCC. The van der Waals surface area contributed by atoms with E-state index in [0.29, 0.717) is 19.0 Å². The van der Waals surface area contributed by atoms with Crippen LogP contribution in [-0.2, 0) is 20.3 Å². The fraction of sp³-hybridized carbons (Fsp3) is 0.500. The molecule has 0 saturated heterocycles. The molecule has 0 fully saturated rings. The summed E-state index contributed by atoms with van der Waals surface area (Å²) in [6.45, 7) is 4.91. The molecule has 0 N–H and O–H groups in total. The first-order valence-corrected chi connectivity index (χ1v) is 7.65. The third kappa shape index (κ3) is 5.29. The lowest BCUT2D eigenvalue weighted by Gasteiger charge is -2.16. The fourth-order valence-electron chi connectivity index (χ4n) is 1.32. The van der Waals surface area contributed by atoms with Gasteiger partial charge in [0.05, 0.1) is 16.6 Å². The van der Waals surface area contributed by atoms with Crippen molar-refractivity contribution in [1.29, 1.82) is 0 Å². The van der Waals surface area contributed by atoms with Crippen LogP contribution in [0.15, 0.2) is 33.6 Å². The molecule has 0 radical (unpaired) electrons. The first-order chi connectivity index (χ1) is 8.17. The molecule has 0 amide bonds. The van der Waals surface area contributed by atoms with Crippen LogP contribution in [0.25, 0.3) is 0 Å². The Bertz CT molecular complexity index is 347. The van der Waals surface area contributed by atoms with Gasteiger partial charge in [-0.3, -0.25) is 4.21 Å². The van der Waals surface area contributed by atoms with Crippen LogP contribution in [0.3, 0.4) is 0 Å². The van der Waals surface area contributed by atoms with Gasteiger partial charge < -0.3 is 9.47 Å². The maximum Gasteiger partial charge on any atom is 0.169 e. The molecule has 1 atom stereocenters. The lowest BCUT2D eigenvalue weighted by atomic mass is 10.4. The Labute approximate surface area is 113 Å². The molecule has 1 unspecified atom stereocenters. The molecule has 96 valence electrons. The van der Waals surface area contributed by atoms with Crippen LogP contribution in [0.5, 0.6) is 0 Å². The summed E-state index contributed by atoms with van der Waals surface area (Å²) in [5.74, 6) is 0.364. The van der Waals surface area contributed by atoms with E-state index >= 15 is 0 Å². The number of hydrogen-bond donors (Lipinski definition) is 0. The standard InChI is InChI=1S/C12H17BrO3S/c1-3-15-12(16-4-2)9-17(14)11-7-5-10(13)6-8-11/h5-8,12H,3-4,9H2,1-2H3. The number of rotatable bonds is 7. The van der Waals surface area contributed by atoms with Gasteiger partial charge in [0.15, 0.2) is 6.29 Å². The number of benzene rings is 1. The van der Waals surface area contributed by atoms with Crippen molar-refractivity contribution < 1.29 is 13.7 Å². The van der Waals surface area contributed by atoms with Crippen molar-refractivity contribution in [2.75, 3.05) is 19.0 Å². The zero-order chi connectivity index (χ0) is 12.7. The van der Waals surface area contributed by atoms with Gasteiger partial charge in [-0.15, -0.1) is 0 Å². The van der Waals surface area contributed by atoms with E-state index in [1.165, 1.54) is 0 Å². The minimum atomic E-state index is -1.10. The molecular formula is C12H17BrO3S. The van der Waals surface area contributed by atoms with E-state index in [4.69, 9.17) is 9.47 Å². The Kier molecular flexibility index (Phi) is 6.96. The second-order valence-electron chi connectivity index (χ2n) is 3.31. The van der Waals surface area contributed by atoms with E-state index in [1.54, 1.807) is 0 Å². The molecule has 0 bridgehead atoms. The molecule has 0 aromatic heterocycles. The summed E-state index contributed by atoms with van der Waals surface area (Å²) in [5.41, 5.74) is 0. The van der Waals surface area contributed by atoms with Gasteiger partial charge in [-0.2, -0.15) is 0 Å². The smallest absolute Gasteiger partial charge is 0.169 e. The van der Waals surface area contributed by atoms with Crippen molar-refractivity contribution in [1.82, 2.24) is 0 Å². The Morgan fingerprint density at radius 3 is 2.18 bits per heavy atom. The number of hydrogen-bond acceptors (Lipinski definition) is 3. The number of halogens is 1. The Balaban J connectivity index is 2.60. The van der Waals surface area contributed by atoms with E-state index in [2.05, 4.69) is 15.9 Å². The van der Waals surface area contributed by atoms with Crippen molar-refractivity contribution in [3.63, 3.8) is 0 Å². The van der Waals surface area contributed by atoms with Gasteiger partial charge in [-0.25, -0.2) is 0 Å². The average molecular weight is 321 g/mol. The molecule has 0 spiro atoms. The highest BCUT2D eigenvalue weighted by Crippen LogP contribution is 2.14. The van der Waals surface area contributed by atoms with Crippen molar-refractivity contribution in [2.24, 2.45) is 0 Å². The van der Waals surface area contributed by atoms with Crippen molar-refractivity contribution in [3.05, 3.63) is 28.7 Å². The molecule has 0 aliphatic rings. The van der Waals surface area contributed by atoms with Crippen LogP contribution < -0.4 is 0 Å². The predicted octanol–water partition coefficient (Wildman–Crippen LogP) is 2.96. The van der Waals surface area contributed by atoms with Crippen LogP contribution >= 0.6 is 15.9 Å². The summed E-state index contributed by atoms with van der Waals surface area (Å²) >= 11 is 3.35. The van der Waals surface area contributed by atoms with Crippen molar-refractivity contribution in [2.45, 2.75) is 25.0 Å². The largest absolute Gasteiger partial charge is 0.352 e. The zero-order valence-corrected chi connectivity index (χ0v) is 12.4. The summed E-state index contributed by atoms with van der Waals surface area (Å²) in [5, 5.41) is 0. The quantitative estimate of drug-likeness (QED) is 0.724. The van der Waals surface area contributed by atoms with E-state index in [0.717, 1.165) is 9.37 Å². The highest BCUT2D eigenvalue weighted by atomic mass is 79.9. The highest BCUT2D eigenvalue weighted by molar-refractivity contribution is 9.10. The van der Waals surface area contributed by atoms with Crippen LogP contribution in [0.4, 0.5) is 0 Å². The molecule has 1 aromatic carbocycles. The summed E-state index contributed by atoms with van der Waals surface area (Å²) in [6, 6.07) is 7.44. The van der Waals surface area contributed by atoms with E-state index in [9.17, 15) is 4.21 Å². The molecule has 5 heteroatoms. The van der Waals surface area contributed by atoms with Gasteiger partial charge in [-0.1, -0.05) is 15.9 Å². The Hall–Kier alpha value is -0.230. The molecule has 0 aliphatic heterocycles. The molecule has 1 rings (SSSR count). The first-order valence-electron chi connectivity index (χ1n) is 5.54. The monoisotopic (exact) mass is 320 g/mol.